The van der Waals surface area contributed by atoms with Crippen LogP contribution in [0.5, 0.6) is 0 Å². The Hall–Kier alpha value is -5.39. The van der Waals surface area contributed by atoms with E-state index in [1.807, 2.05) is 0 Å². The summed E-state index contributed by atoms with van der Waals surface area (Å²) in [4.78, 5) is 60.1. The highest BCUT2D eigenvalue weighted by molar-refractivity contribution is 6.19. The van der Waals surface area contributed by atoms with E-state index in [2.05, 4.69) is 0 Å². The number of carbonyl (C=O) groups excluding carboxylic acids is 3. The molecule has 0 aliphatic carbocycles. The molecule has 0 aliphatic rings. The molecule has 2 aromatic carbocycles. The van der Waals surface area contributed by atoms with E-state index in [0.29, 0.717) is 12.0 Å². The first-order chi connectivity index (χ1) is 18.2. The van der Waals surface area contributed by atoms with Crippen LogP contribution in [-0.4, -0.2) is 46.2 Å². The number of nitro benzene ring substituents is 2. The summed E-state index contributed by atoms with van der Waals surface area (Å²) in [7, 11) is 2.23. The molecule has 0 saturated carbocycles. The number of hydrogen-bond donors (Lipinski definition) is 0. The van der Waals surface area contributed by atoms with E-state index >= 15 is 0 Å². The van der Waals surface area contributed by atoms with Crippen LogP contribution in [0.3, 0.4) is 0 Å². The number of rotatable bonds is 8. The van der Waals surface area contributed by atoms with Crippen LogP contribution in [0.15, 0.2) is 66.9 Å². The Balaban J connectivity index is 1.89. The molecular formula is C26H19N3O9. The van der Waals surface area contributed by atoms with Crippen LogP contribution in [0.1, 0.15) is 47.9 Å². The Morgan fingerprint density at radius 3 is 1.82 bits per heavy atom. The standard InChI is InChI=1S/C26H19N3O9/c1-37-25(31)21-20-14-16(13-15-3-7-18(8-4-15)28(33)34)11-12-27(20)23(22(21)26(32)38-2)24(30)17-5-9-19(10-6-17)29(35)36/h3-12,14H,13H2,1-2H3. The van der Waals surface area contributed by atoms with Crippen LogP contribution in [0, 0.1) is 20.2 Å². The van der Waals surface area contributed by atoms with Crippen LogP contribution in [-0.2, 0) is 15.9 Å². The molecule has 0 atom stereocenters. The second-order valence-electron chi connectivity index (χ2n) is 8.11. The van der Waals surface area contributed by atoms with E-state index in [1.165, 1.54) is 34.9 Å². The van der Waals surface area contributed by atoms with Crippen LogP contribution in [0.25, 0.3) is 5.52 Å². The number of methoxy groups -OCH3 is 2. The number of ketones is 1. The molecule has 0 radical (unpaired) electrons. The van der Waals surface area contributed by atoms with Gasteiger partial charge in [-0.2, -0.15) is 0 Å². The van der Waals surface area contributed by atoms with Crippen molar-refractivity contribution in [2.75, 3.05) is 14.2 Å². The zero-order valence-electron chi connectivity index (χ0n) is 20.1. The van der Waals surface area contributed by atoms with Crippen molar-refractivity contribution in [2.24, 2.45) is 0 Å². The number of aromatic nitrogens is 1. The molecular weight excluding hydrogens is 498 g/mol. The molecule has 12 heteroatoms. The topological polar surface area (TPSA) is 160 Å². The molecule has 192 valence electrons. The van der Waals surface area contributed by atoms with Crippen molar-refractivity contribution < 1.29 is 33.7 Å². The monoisotopic (exact) mass is 517 g/mol. The molecule has 2 heterocycles. The second kappa shape index (κ2) is 10.3. The van der Waals surface area contributed by atoms with Crippen molar-refractivity contribution in [2.45, 2.75) is 6.42 Å². The lowest BCUT2D eigenvalue weighted by Gasteiger charge is -2.07. The first-order valence-corrected chi connectivity index (χ1v) is 11.0. The fraction of sp³-hybridized carbons (Fsp3) is 0.115. The van der Waals surface area contributed by atoms with Crippen molar-refractivity contribution in [1.82, 2.24) is 4.40 Å². The number of ether oxygens (including phenoxy) is 2. The molecule has 12 nitrogen and oxygen atoms in total. The average Bonchev–Trinajstić information content (AvgIpc) is 3.26. The number of nitrogens with zero attached hydrogens (tertiary/aromatic N) is 3. The van der Waals surface area contributed by atoms with Gasteiger partial charge in [-0.1, -0.05) is 12.1 Å². The first kappa shape index (κ1) is 25.7. The van der Waals surface area contributed by atoms with Crippen LogP contribution < -0.4 is 0 Å². The fourth-order valence-corrected chi connectivity index (χ4v) is 4.08. The third-order valence-corrected chi connectivity index (χ3v) is 5.89. The second-order valence-corrected chi connectivity index (χ2v) is 8.11. The van der Waals surface area contributed by atoms with Gasteiger partial charge in [-0.3, -0.25) is 25.0 Å². The summed E-state index contributed by atoms with van der Waals surface area (Å²) in [5.41, 5.74) is 0.727. The van der Waals surface area contributed by atoms with Gasteiger partial charge < -0.3 is 13.9 Å². The van der Waals surface area contributed by atoms with E-state index in [0.717, 1.165) is 31.9 Å². The Morgan fingerprint density at radius 2 is 1.29 bits per heavy atom. The average molecular weight is 517 g/mol. The summed E-state index contributed by atoms with van der Waals surface area (Å²) in [5, 5.41) is 21.9. The summed E-state index contributed by atoms with van der Waals surface area (Å²) in [6, 6.07) is 14.0. The molecule has 4 aromatic rings. The maximum Gasteiger partial charge on any atom is 0.341 e. The largest absolute Gasteiger partial charge is 0.465 e. The van der Waals surface area contributed by atoms with Gasteiger partial charge in [0.2, 0.25) is 5.78 Å². The van der Waals surface area contributed by atoms with Crippen LogP contribution >= 0.6 is 0 Å². The number of pyridine rings is 1. The molecule has 0 amide bonds. The van der Waals surface area contributed by atoms with Crippen LogP contribution in [0.4, 0.5) is 11.4 Å². The lowest BCUT2D eigenvalue weighted by atomic mass is 10.0. The van der Waals surface area contributed by atoms with E-state index in [-0.39, 0.29) is 39.3 Å². The minimum absolute atomic E-state index is 0.0477. The van der Waals surface area contributed by atoms with E-state index < -0.39 is 27.6 Å². The summed E-state index contributed by atoms with van der Waals surface area (Å²) in [6.45, 7) is 0. The third kappa shape index (κ3) is 4.69. The molecule has 0 bridgehead atoms. The van der Waals surface area contributed by atoms with Crippen molar-refractivity contribution in [3.05, 3.63) is 121 Å². The minimum Gasteiger partial charge on any atom is -0.465 e. The smallest absolute Gasteiger partial charge is 0.341 e. The Morgan fingerprint density at radius 1 is 0.763 bits per heavy atom. The molecule has 0 fully saturated rings. The molecule has 2 aromatic heterocycles. The Labute approximate surface area is 214 Å². The number of nitro groups is 2. The molecule has 0 saturated heterocycles. The highest BCUT2D eigenvalue weighted by Gasteiger charge is 2.33. The number of benzene rings is 2. The van der Waals surface area contributed by atoms with Crippen molar-refractivity contribution >= 4 is 34.6 Å². The fourth-order valence-electron chi connectivity index (χ4n) is 4.08. The zero-order chi connectivity index (χ0) is 27.6. The lowest BCUT2D eigenvalue weighted by molar-refractivity contribution is -0.385. The van der Waals surface area contributed by atoms with E-state index in [1.54, 1.807) is 24.3 Å². The summed E-state index contributed by atoms with van der Waals surface area (Å²) >= 11 is 0. The number of non-ortho nitro benzene ring substituents is 2. The summed E-state index contributed by atoms with van der Waals surface area (Å²) in [6.07, 6.45) is 1.84. The maximum absolute atomic E-state index is 13.6. The van der Waals surface area contributed by atoms with Crippen LogP contribution in [0.2, 0.25) is 0 Å². The van der Waals surface area contributed by atoms with Gasteiger partial charge in [0.05, 0.1) is 29.6 Å². The number of fused-ring (bicyclic) bond motifs is 1. The normalized spacial score (nSPS) is 10.7. The molecule has 0 spiro atoms. The Bertz CT molecular complexity index is 1600. The van der Waals surface area contributed by atoms with Gasteiger partial charge in [0, 0.05) is 36.0 Å². The molecule has 0 unspecified atom stereocenters. The quantitative estimate of drug-likeness (QED) is 0.145. The highest BCUT2D eigenvalue weighted by Crippen LogP contribution is 2.30. The third-order valence-electron chi connectivity index (χ3n) is 5.89. The molecule has 0 aliphatic heterocycles. The highest BCUT2D eigenvalue weighted by atomic mass is 16.6. The predicted octanol–water partition coefficient (Wildman–Crippen LogP) is 4.15. The number of hydrogen-bond acceptors (Lipinski definition) is 9. The minimum atomic E-state index is -0.948. The number of esters is 2. The lowest BCUT2D eigenvalue weighted by Crippen LogP contribution is -2.15. The van der Waals surface area contributed by atoms with Gasteiger partial charge in [0.25, 0.3) is 11.4 Å². The molecule has 4 rings (SSSR count). The van der Waals surface area contributed by atoms with Gasteiger partial charge in [-0.05, 0) is 41.8 Å². The summed E-state index contributed by atoms with van der Waals surface area (Å²) in [5.74, 6) is -2.50. The van der Waals surface area contributed by atoms with E-state index in [4.69, 9.17) is 9.47 Å². The van der Waals surface area contributed by atoms with Gasteiger partial charge in [-0.15, -0.1) is 0 Å². The Kier molecular flexibility index (Phi) is 6.97. The zero-order valence-corrected chi connectivity index (χ0v) is 20.1. The first-order valence-electron chi connectivity index (χ1n) is 11.0. The van der Waals surface area contributed by atoms with E-state index in [9.17, 15) is 34.6 Å². The van der Waals surface area contributed by atoms with Gasteiger partial charge in [0.1, 0.15) is 16.8 Å². The van der Waals surface area contributed by atoms with Gasteiger partial charge in [0.15, 0.2) is 0 Å². The molecule has 38 heavy (non-hydrogen) atoms. The van der Waals surface area contributed by atoms with Gasteiger partial charge in [-0.25, -0.2) is 9.59 Å². The predicted molar refractivity (Wildman–Crippen MR) is 133 cm³/mol. The molecule has 0 N–H and O–H groups in total. The number of carbonyl (C=O) groups is 3. The van der Waals surface area contributed by atoms with Gasteiger partial charge >= 0.3 is 11.9 Å². The van der Waals surface area contributed by atoms with Crippen molar-refractivity contribution in [3.63, 3.8) is 0 Å². The maximum atomic E-state index is 13.6. The van der Waals surface area contributed by atoms with Crippen molar-refractivity contribution in [1.29, 1.82) is 0 Å². The SMILES string of the molecule is COC(=O)c1c(C(=O)OC)c2cc(Cc3ccc([N+](=O)[O-])cc3)ccn2c1C(=O)c1ccc([N+](=O)[O-])cc1. The van der Waals surface area contributed by atoms with Crippen molar-refractivity contribution in [3.8, 4) is 0 Å². The summed E-state index contributed by atoms with van der Waals surface area (Å²) < 4.78 is 11.1.